The lowest BCUT2D eigenvalue weighted by Crippen LogP contribution is -2.46. The molecule has 2 N–H and O–H groups in total. The van der Waals surface area contributed by atoms with E-state index < -0.39 is 24.3 Å². The van der Waals surface area contributed by atoms with Crippen LogP contribution in [0.4, 0.5) is 26.3 Å². The quantitative estimate of drug-likeness (QED) is 0.533. The van der Waals surface area contributed by atoms with Gasteiger partial charge in [-0.3, -0.25) is 14.8 Å². The highest BCUT2D eigenvalue weighted by Gasteiger charge is 2.45. The monoisotopic (exact) mass is 567 g/mol. The van der Waals surface area contributed by atoms with Gasteiger partial charge in [-0.25, -0.2) is 9.59 Å². The number of alkyl halides is 6. The number of rotatable bonds is 4. The molecule has 16 heteroatoms. The van der Waals surface area contributed by atoms with Gasteiger partial charge in [0, 0.05) is 31.3 Å². The lowest BCUT2D eigenvalue weighted by molar-refractivity contribution is -0.193. The first-order valence-corrected chi connectivity index (χ1v) is 11.1. The van der Waals surface area contributed by atoms with Crippen molar-refractivity contribution in [3.8, 4) is 0 Å². The number of aliphatic carboxylic acids is 2. The standard InChI is InChI=1S/C19H21N3O3.2C2HF3O2/c23-19(15-4-2-8-21-12-15)22-9-10-24-17-6-5-16(22)18(17)25-13-14-3-1-7-20-11-14;2*3-2(4,5)1(6)7/h1-4,7-8,11-12,16-18H,5-6,9-10,13H2;2*(H,6,7). The van der Waals surface area contributed by atoms with Crippen molar-refractivity contribution < 1.29 is 60.4 Å². The van der Waals surface area contributed by atoms with Crippen LogP contribution >= 0.6 is 0 Å². The Bertz CT molecular complexity index is 1060. The fourth-order valence-electron chi connectivity index (χ4n) is 3.69. The van der Waals surface area contributed by atoms with Gasteiger partial charge >= 0.3 is 24.3 Å². The van der Waals surface area contributed by atoms with E-state index in [0.717, 1.165) is 18.4 Å². The van der Waals surface area contributed by atoms with E-state index in [0.29, 0.717) is 25.3 Å². The summed E-state index contributed by atoms with van der Waals surface area (Å²) in [5, 5.41) is 14.2. The SMILES string of the molecule is O=C(O)C(F)(F)F.O=C(O)C(F)(F)F.O=C(c1cccnc1)N1CCOC2CCC1C2OCc1cccnc1. The molecule has 1 saturated heterocycles. The van der Waals surface area contributed by atoms with E-state index in [1.54, 1.807) is 36.9 Å². The Labute approximate surface area is 217 Å². The van der Waals surface area contributed by atoms with E-state index in [2.05, 4.69) is 9.97 Å². The van der Waals surface area contributed by atoms with Gasteiger partial charge in [-0.15, -0.1) is 0 Å². The molecule has 1 amide bonds. The van der Waals surface area contributed by atoms with Crippen molar-refractivity contribution in [2.45, 2.75) is 50.1 Å². The Hall–Kier alpha value is -3.79. The molecule has 0 aromatic carbocycles. The average molecular weight is 567 g/mol. The number of halogens is 6. The zero-order valence-corrected chi connectivity index (χ0v) is 19.9. The van der Waals surface area contributed by atoms with Crippen LogP contribution in [0.15, 0.2) is 49.1 Å². The average Bonchev–Trinajstić information content (AvgIpc) is 3.17. The number of carboxylic acids is 2. The number of carbonyl (C=O) groups is 3. The highest BCUT2D eigenvalue weighted by atomic mass is 19.4. The van der Waals surface area contributed by atoms with Crippen LogP contribution < -0.4 is 0 Å². The molecule has 39 heavy (non-hydrogen) atoms. The molecule has 2 bridgehead atoms. The maximum atomic E-state index is 12.9. The minimum absolute atomic E-state index is 0.000715. The van der Waals surface area contributed by atoms with Crippen LogP contribution in [-0.4, -0.2) is 86.7 Å². The van der Waals surface area contributed by atoms with Gasteiger partial charge in [0.2, 0.25) is 0 Å². The topological polar surface area (TPSA) is 139 Å². The lowest BCUT2D eigenvalue weighted by atomic mass is 10.1. The molecule has 1 aliphatic heterocycles. The Kier molecular flexibility index (Phi) is 11.2. The first-order valence-electron chi connectivity index (χ1n) is 11.1. The van der Waals surface area contributed by atoms with Gasteiger partial charge in [0.05, 0.1) is 30.9 Å². The number of carboxylic acid groups (broad SMARTS) is 2. The summed E-state index contributed by atoms with van der Waals surface area (Å²) in [6.45, 7) is 1.60. The maximum absolute atomic E-state index is 12.9. The number of aromatic nitrogens is 2. The molecule has 4 rings (SSSR count). The third kappa shape index (κ3) is 9.79. The van der Waals surface area contributed by atoms with Crippen molar-refractivity contribution in [1.29, 1.82) is 0 Å². The van der Waals surface area contributed by atoms with E-state index in [1.807, 2.05) is 17.0 Å². The number of ether oxygens (including phenoxy) is 2. The second-order valence-corrected chi connectivity index (χ2v) is 8.04. The number of nitrogens with zero attached hydrogens (tertiary/aromatic N) is 3. The molecular formula is C23H23F6N3O7. The summed E-state index contributed by atoms with van der Waals surface area (Å²) in [6.07, 6.45) is -1.57. The number of carbonyl (C=O) groups excluding carboxylic acids is 1. The number of pyridine rings is 2. The summed E-state index contributed by atoms with van der Waals surface area (Å²) >= 11 is 0. The van der Waals surface area contributed by atoms with E-state index in [-0.39, 0.29) is 24.2 Å². The van der Waals surface area contributed by atoms with Crippen LogP contribution in [0.25, 0.3) is 0 Å². The van der Waals surface area contributed by atoms with Gasteiger partial charge in [0.15, 0.2) is 0 Å². The molecule has 3 unspecified atom stereocenters. The van der Waals surface area contributed by atoms with Crippen molar-refractivity contribution in [2.24, 2.45) is 0 Å². The van der Waals surface area contributed by atoms with Crippen LogP contribution in [0.3, 0.4) is 0 Å². The summed E-state index contributed by atoms with van der Waals surface area (Å²) in [7, 11) is 0. The fourth-order valence-corrected chi connectivity index (χ4v) is 3.69. The van der Waals surface area contributed by atoms with Crippen LogP contribution in [0.5, 0.6) is 0 Å². The predicted octanol–water partition coefficient (Wildman–Crippen LogP) is 3.33. The maximum Gasteiger partial charge on any atom is 0.490 e. The van der Waals surface area contributed by atoms with Gasteiger partial charge in [0.1, 0.15) is 6.10 Å². The number of hydrogen-bond acceptors (Lipinski definition) is 7. The van der Waals surface area contributed by atoms with E-state index in [1.165, 1.54) is 0 Å². The van der Waals surface area contributed by atoms with Crippen molar-refractivity contribution in [1.82, 2.24) is 14.9 Å². The first-order chi connectivity index (χ1) is 18.2. The second-order valence-electron chi connectivity index (χ2n) is 8.04. The van der Waals surface area contributed by atoms with Gasteiger partial charge < -0.3 is 24.6 Å². The van der Waals surface area contributed by atoms with Crippen molar-refractivity contribution in [3.05, 3.63) is 60.2 Å². The predicted molar refractivity (Wildman–Crippen MR) is 118 cm³/mol. The second kappa shape index (κ2) is 13.8. The Morgan fingerprint density at radius 3 is 2.00 bits per heavy atom. The van der Waals surface area contributed by atoms with Crippen LogP contribution in [0.2, 0.25) is 0 Å². The number of amides is 1. The molecule has 2 aliphatic rings. The van der Waals surface area contributed by atoms with Gasteiger partial charge in [0.25, 0.3) is 5.91 Å². The minimum atomic E-state index is -5.08. The molecule has 1 saturated carbocycles. The third-order valence-corrected chi connectivity index (χ3v) is 5.38. The summed E-state index contributed by atoms with van der Waals surface area (Å²) in [6, 6.07) is 7.52. The molecular weight excluding hydrogens is 544 g/mol. The largest absolute Gasteiger partial charge is 0.490 e. The molecule has 0 radical (unpaired) electrons. The molecule has 2 aromatic rings. The summed E-state index contributed by atoms with van der Waals surface area (Å²) in [4.78, 5) is 40.8. The molecule has 2 fully saturated rings. The molecule has 10 nitrogen and oxygen atoms in total. The molecule has 3 heterocycles. The van der Waals surface area contributed by atoms with Crippen LogP contribution in [0.1, 0.15) is 28.8 Å². The van der Waals surface area contributed by atoms with Crippen LogP contribution in [-0.2, 0) is 25.7 Å². The van der Waals surface area contributed by atoms with Crippen molar-refractivity contribution >= 4 is 17.8 Å². The van der Waals surface area contributed by atoms with Crippen LogP contribution in [0, 0.1) is 0 Å². The van der Waals surface area contributed by atoms with Crippen molar-refractivity contribution in [3.63, 3.8) is 0 Å². The highest BCUT2D eigenvalue weighted by Crippen LogP contribution is 2.33. The molecule has 3 atom stereocenters. The summed E-state index contributed by atoms with van der Waals surface area (Å²) in [5.41, 5.74) is 1.63. The normalized spacial score (nSPS) is 20.5. The highest BCUT2D eigenvalue weighted by molar-refractivity contribution is 5.94. The van der Waals surface area contributed by atoms with E-state index >= 15 is 0 Å². The first kappa shape index (κ1) is 31.4. The molecule has 1 aliphatic carbocycles. The van der Waals surface area contributed by atoms with Gasteiger partial charge in [-0.1, -0.05) is 6.07 Å². The molecule has 0 spiro atoms. The molecule has 214 valence electrons. The van der Waals surface area contributed by atoms with Gasteiger partial charge in [-0.05, 0) is 36.6 Å². The Morgan fingerprint density at radius 2 is 1.51 bits per heavy atom. The van der Waals surface area contributed by atoms with E-state index in [4.69, 9.17) is 29.3 Å². The fraction of sp³-hybridized carbons (Fsp3) is 0.435. The smallest absolute Gasteiger partial charge is 0.475 e. The van der Waals surface area contributed by atoms with Crippen molar-refractivity contribution in [2.75, 3.05) is 13.2 Å². The summed E-state index contributed by atoms with van der Waals surface area (Å²) < 4.78 is 75.6. The summed E-state index contributed by atoms with van der Waals surface area (Å²) in [5.74, 6) is -5.51. The number of fused-ring (bicyclic) bond motifs is 2. The minimum Gasteiger partial charge on any atom is -0.475 e. The van der Waals surface area contributed by atoms with E-state index in [9.17, 15) is 31.1 Å². The lowest BCUT2D eigenvalue weighted by Gasteiger charge is -2.31. The van der Waals surface area contributed by atoms with Gasteiger partial charge in [-0.2, -0.15) is 26.3 Å². The zero-order chi connectivity index (χ0) is 29.2. The Balaban J connectivity index is 0.000000317. The Morgan fingerprint density at radius 1 is 0.949 bits per heavy atom. The molecule has 2 aromatic heterocycles. The number of hydrogen-bond donors (Lipinski definition) is 2. The third-order valence-electron chi connectivity index (χ3n) is 5.38. The zero-order valence-electron chi connectivity index (χ0n) is 19.9.